The van der Waals surface area contributed by atoms with E-state index >= 15 is 0 Å². The number of hydrogen-bond acceptors (Lipinski definition) is 5. The Hall–Kier alpha value is -3.15. The Morgan fingerprint density at radius 3 is 2.44 bits per heavy atom. The summed E-state index contributed by atoms with van der Waals surface area (Å²) in [7, 11) is 4.71. The van der Waals surface area contributed by atoms with Gasteiger partial charge >= 0.3 is 0 Å². The third-order valence-corrected chi connectivity index (χ3v) is 3.85. The van der Waals surface area contributed by atoms with Crippen molar-refractivity contribution in [3.05, 3.63) is 53.8 Å². The normalized spacial score (nSPS) is 10.5. The van der Waals surface area contributed by atoms with Crippen LogP contribution in [0.5, 0.6) is 17.2 Å². The highest BCUT2D eigenvalue weighted by Crippen LogP contribution is 2.29. The van der Waals surface area contributed by atoms with Gasteiger partial charge in [0.1, 0.15) is 0 Å². The molecule has 1 aromatic heterocycles. The van der Waals surface area contributed by atoms with Crippen LogP contribution in [-0.2, 0) is 6.54 Å². The first-order valence-electron chi connectivity index (χ1n) is 7.72. The van der Waals surface area contributed by atoms with Gasteiger partial charge in [0, 0.05) is 11.9 Å². The topological polar surface area (TPSA) is 69.9 Å². The number of methoxy groups -OCH3 is 3. The first kappa shape index (κ1) is 16.7. The van der Waals surface area contributed by atoms with Crippen molar-refractivity contribution in [1.82, 2.24) is 5.32 Å². The largest absolute Gasteiger partial charge is 0.493 e. The average molecular weight is 341 g/mol. The predicted molar refractivity (Wildman–Crippen MR) is 93.5 cm³/mol. The first-order chi connectivity index (χ1) is 12.2. The highest BCUT2D eigenvalue weighted by Gasteiger charge is 2.15. The van der Waals surface area contributed by atoms with Crippen LogP contribution >= 0.6 is 0 Å². The molecule has 0 aliphatic heterocycles. The maximum atomic E-state index is 12.4. The van der Waals surface area contributed by atoms with Crippen LogP contribution in [0.15, 0.2) is 46.9 Å². The van der Waals surface area contributed by atoms with E-state index in [1.54, 1.807) is 39.5 Å². The number of rotatable bonds is 6. The highest BCUT2D eigenvalue weighted by atomic mass is 16.5. The molecule has 1 heterocycles. The Labute approximate surface area is 145 Å². The molecule has 25 heavy (non-hydrogen) atoms. The summed E-state index contributed by atoms with van der Waals surface area (Å²) >= 11 is 0. The van der Waals surface area contributed by atoms with Crippen molar-refractivity contribution in [2.75, 3.05) is 21.3 Å². The fourth-order valence-corrected chi connectivity index (χ4v) is 2.57. The second-order valence-corrected chi connectivity index (χ2v) is 5.36. The molecule has 0 atom stereocenters. The number of amides is 1. The molecule has 1 N–H and O–H groups in total. The van der Waals surface area contributed by atoms with Crippen LogP contribution in [0.1, 0.15) is 16.1 Å². The SMILES string of the molecule is COc1ccc(CNC(=O)c2cc3cccc(OC)c3o2)cc1OC. The minimum absolute atomic E-state index is 0.236. The maximum Gasteiger partial charge on any atom is 0.287 e. The van der Waals surface area contributed by atoms with Crippen molar-refractivity contribution < 1.29 is 23.4 Å². The smallest absolute Gasteiger partial charge is 0.287 e. The van der Waals surface area contributed by atoms with E-state index < -0.39 is 0 Å². The van der Waals surface area contributed by atoms with Crippen LogP contribution in [0.2, 0.25) is 0 Å². The Kier molecular flexibility index (Phi) is 4.79. The molecule has 6 nitrogen and oxygen atoms in total. The van der Waals surface area contributed by atoms with E-state index in [0.29, 0.717) is 29.4 Å². The van der Waals surface area contributed by atoms with E-state index in [2.05, 4.69) is 5.32 Å². The summed E-state index contributed by atoms with van der Waals surface area (Å²) in [5.41, 5.74) is 1.45. The van der Waals surface area contributed by atoms with Gasteiger partial charge in [-0.3, -0.25) is 4.79 Å². The van der Waals surface area contributed by atoms with Crippen LogP contribution in [0.4, 0.5) is 0 Å². The van der Waals surface area contributed by atoms with E-state index in [9.17, 15) is 4.79 Å². The van der Waals surface area contributed by atoms with E-state index in [-0.39, 0.29) is 11.7 Å². The molecule has 1 amide bonds. The minimum Gasteiger partial charge on any atom is -0.493 e. The molecule has 3 rings (SSSR count). The summed E-state index contributed by atoms with van der Waals surface area (Å²) in [6, 6.07) is 12.7. The summed E-state index contributed by atoms with van der Waals surface area (Å²) in [5.74, 6) is 1.79. The van der Waals surface area contributed by atoms with Crippen molar-refractivity contribution in [2.24, 2.45) is 0 Å². The molecule has 0 unspecified atom stereocenters. The van der Waals surface area contributed by atoms with Crippen LogP contribution in [0.3, 0.4) is 0 Å². The third-order valence-electron chi connectivity index (χ3n) is 3.85. The van der Waals surface area contributed by atoms with Gasteiger partial charge in [-0.05, 0) is 29.8 Å². The standard InChI is InChI=1S/C19H19NO5/c1-22-14-8-7-12(9-16(14)24-3)11-20-19(21)17-10-13-5-4-6-15(23-2)18(13)25-17/h4-10H,11H2,1-3H3,(H,20,21). The summed E-state index contributed by atoms with van der Waals surface area (Å²) in [5, 5.41) is 3.65. The lowest BCUT2D eigenvalue weighted by Gasteiger charge is -2.10. The van der Waals surface area contributed by atoms with Crippen LogP contribution in [-0.4, -0.2) is 27.2 Å². The molecule has 2 aromatic carbocycles. The summed E-state index contributed by atoms with van der Waals surface area (Å²) in [4.78, 5) is 12.4. The van der Waals surface area contributed by atoms with Gasteiger partial charge in [0.2, 0.25) is 0 Å². The van der Waals surface area contributed by atoms with Gasteiger partial charge in [0.25, 0.3) is 5.91 Å². The Morgan fingerprint density at radius 1 is 0.960 bits per heavy atom. The monoisotopic (exact) mass is 341 g/mol. The van der Waals surface area contributed by atoms with E-state index in [1.807, 2.05) is 24.3 Å². The van der Waals surface area contributed by atoms with Crippen LogP contribution in [0, 0.1) is 0 Å². The number of para-hydroxylation sites is 1. The number of ether oxygens (including phenoxy) is 3. The average Bonchev–Trinajstić information content (AvgIpc) is 3.10. The summed E-state index contributed by atoms with van der Waals surface area (Å²) in [6.07, 6.45) is 0. The molecule has 0 aliphatic rings. The number of furan rings is 1. The molecule has 0 radical (unpaired) electrons. The fourth-order valence-electron chi connectivity index (χ4n) is 2.57. The molecule has 0 spiro atoms. The molecule has 0 saturated heterocycles. The number of fused-ring (bicyclic) bond motifs is 1. The summed E-state index contributed by atoms with van der Waals surface area (Å²) in [6.45, 7) is 0.341. The number of hydrogen-bond donors (Lipinski definition) is 1. The first-order valence-corrected chi connectivity index (χ1v) is 7.72. The lowest BCUT2D eigenvalue weighted by atomic mass is 10.2. The number of nitrogens with one attached hydrogen (secondary N) is 1. The predicted octanol–water partition coefficient (Wildman–Crippen LogP) is 3.39. The van der Waals surface area contributed by atoms with Gasteiger partial charge in [0.05, 0.1) is 21.3 Å². The Balaban J connectivity index is 1.75. The van der Waals surface area contributed by atoms with Gasteiger partial charge < -0.3 is 23.9 Å². The number of carbonyl (C=O) groups is 1. The summed E-state index contributed by atoms with van der Waals surface area (Å²) < 4.78 is 21.4. The minimum atomic E-state index is -0.298. The van der Waals surface area contributed by atoms with Crippen LogP contribution < -0.4 is 19.5 Å². The highest BCUT2D eigenvalue weighted by molar-refractivity contribution is 5.97. The van der Waals surface area contributed by atoms with Crippen molar-refractivity contribution in [3.63, 3.8) is 0 Å². The van der Waals surface area contributed by atoms with Crippen molar-refractivity contribution in [1.29, 1.82) is 0 Å². The lowest BCUT2D eigenvalue weighted by molar-refractivity contribution is 0.0925. The molecule has 0 bridgehead atoms. The van der Waals surface area contributed by atoms with E-state index in [4.69, 9.17) is 18.6 Å². The zero-order valence-electron chi connectivity index (χ0n) is 14.3. The molecule has 130 valence electrons. The molecular formula is C19H19NO5. The molecule has 3 aromatic rings. The second-order valence-electron chi connectivity index (χ2n) is 5.36. The molecule has 6 heteroatoms. The van der Waals surface area contributed by atoms with E-state index in [1.165, 1.54) is 0 Å². The van der Waals surface area contributed by atoms with Gasteiger partial charge in [-0.1, -0.05) is 18.2 Å². The quantitative estimate of drug-likeness (QED) is 0.744. The molecule has 0 saturated carbocycles. The number of benzene rings is 2. The van der Waals surface area contributed by atoms with Crippen LogP contribution in [0.25, 0.3) is 11.0 Å². The van der Waals surface area contributed by atoms with Gasteiger partial charge in [-0.25, -0.2) is 0 Å². The van der Waals surface area contributed by atoms with Crippen molar-refractivity contribution in [3.8, 4) is 17.2 Å². The molecule has 0 aliphatic carbocycles. The zero-order valence-corrected chi connectivity index (χ0v) is 14.3. The second kappa shape index (κ2) is 7.17. The van der Waals surface area contributed by atoms with Gasteiger partial charge in [-0.2, -0.15) is 0 Å². The number of carbonyl (C=O) groups excluding carboxylic acids is 1. The molecule has 0 fully saturated rings. The Bertz CT molecular complexity index is 900. The zero-order chi connectivity index (χ0) is 17.8. The van der Waals surface area contributed by atoms with Gasteiger partial charge in [-0.15, -0.1) is 0 Å². The molecular weight excluding hydrogens is 322 g/mol. The van der Waals surface area contributed by atoms with E-state index in [0.717, 1.165) is 10.9 Å². The van der Waals surface area contributed by atoms with Crippen molar-refractivity contribution in [2.45, 2.75) is 6.54 Å². The third kappa shape index (κ3) is 3.38. The maximum absolute atomic E-state index is 12.4. The van der Waals surface area contributed by atoms with Gasteiger partial charge in [0.15, 0.2) is 28.6 Å². The lowest BCUT2D eigenvalue weighted by Crippen LogP contribution is -2.22. The Morgan fingerprint density at radius 2 is 1.72 bits per heavy atom. The van der Waals surface area contributed by atoms with Crippen molar-refractivity contribution >= 4 is 16.9 Å². The fraction of sp³-hybridized carbons (Fsp3) is 0.211.